The fraction of sp³-hybridized carbons (Fsp3) is 0.375. The first kappa shape index (κ1) is 12.8. The third-order valence-corrected chi connectivity index (χ3v) is 3.10. The SMILES string of the molecule is C=C(/C=C\[C@H](C)C(C)(C)C)c1ccccc1. The lowest BCUT2D eigenvalue weighted by atomic mass is 9.81. The first-order chi connectivity index (χ1) is 7.41. The second-order valence-electron chi connectivity index (χ2n) is 5.41. The fourth-order valence-electron chi connectivity index (χ4n) is 1.30. The molecule has 0 N–H and O–H groups in total. The van der Waals surface area contributed by atoms with Crippen molar-refractivity contribution >= 4 is 5.57 Å². The van der Waals surface area contributed by atoms with Crippen LogP contribution in [0.1, 0.15) is 33.3 Å². The van der Waals surface area contributed by atoms with Crippen LogP contribution >= 0.6 is 0 Å². The Balaban J connectivity index is 2.69. The molecule has 0 spiro atoms. The maximum Gasteiger partial charge on any atom is -0.0190 e. The van der Waals surface area contributed by atoms with Gasteiger partial charge in [-0.25, -0.2) is 0 Å². The zero-order chi connectivity index (χ0) is 12.2. The highest BCUT2D eigenvalue weighted by molar-refractivity contribution is 5.71. The van der Waals surface area contributed by atoms with E-state index in [0.717, 1.165) is 5.57 Å². The van der Waals surface area contributed by atoms with E-state index in [0.29, 0.717) is 11.3 Å². The second kappa shape index (κ2) is 5.16. The third kappa shape index (κ3) is 3.69. The maximum absolute atomic E-state index is 4.09. The Hall–Kier alpha value is -1.30. The first-order valence-electron chi connectivity index (χ1n) is 5.84. The normalized spacial score (nSPS) is 14.0. The fourth-order valence-corrected chi connectivity index (χ4v) is 1.30. The summed E-state index contributed by atoms with van der Waals surface area (Å²) in [5.41, 5.74) is 2.59. The molecule has 0 saturated carbocycles. The van der Waals surface area contributed by atoms with Gasteiger partial charge in [0.1, 0.15) is 0 Å². The Labute approximate surface area is 99.7 Å². The van der Waals surface area contributed by atoms with Crippen molar-refractivity contribution in [2.45, 2.75) is 27.7 Å². The Kier molecular flexibility index (Phi) is 4.12. The average molecular weight is 214 g/mol. The van der Waals surface area contributed by atoms with Gasteiger partial charge < -0.3 is 0 Å². The van der Waals surface area contributed by atoms with Gasteiger partial charge in [-0.3, -0.25) is 0 Å². The zero-order valence-corrected chi connectivity index (χ0v) is 10.8. The van der Waals surface area contributed by atoms with E-state index in [1.807, 2.05) is 18.2 Å². The largest absolute Gasteiger partial charge is 0.0912 e. The number of allylic oxidation sites excluding steroid dienone is 3. The number of hydrogen-bond donors (Lipinski definition) is 0. The minimum Gasteiger partial charge on any atom is -0.0912 e. The number of rotatable bonds is 3. The van der Waals surface area contributed by atoms with E-state index in [4.69, 9.17) is 0 Å². The molecule has 0 aliphatic rings. The van der Waals surface area contributed by atoms with Crippen molar-refractivity contribution in [2.75, 3.05) is 0 Å². The molecular formula is C16H22. The van der Waals surface area contributed by atoms with Gasteiger partial charge in [0, 0.05) is 0 Å². The summed E-state index contributed by atoms with van der Waals surface area (Å²) in [6, 6.07) is 10.3. The van der Waals surface area contributed by atoms with Crippen LogP contribution in [-0.2, 0) is 0 Å². The quantitative estimate of drug-likeness (QED) is 0.625. The molecule has 1 aromatic carbocycles. The Bertz CT molecular complexity index is 363. The lowest BCUT2D eigenvalue weighted by Crippen LogP contribution is -2.14. The average Bonchev–Trinajstić information content (AvgIpc) is 2.25. The van der Waals surface area contributed by atoms with Gasteiger partial charge in [0.05, 0.1) is 0 Å². The molecule has 0 radical (unpaired) electrons. The molecule has 0 heteroatoms. The monoisotopic (exact) mass is 214 g/mol. The highest BCUT2D eigenvalue weighted by Gasteiger charge is 2.16. The Morgan fingerprint density at radius 2 is 1.75 bits per heavy atom. The molecule has 86 valence electrons. The Morgan fingerprint density at radius 1 is 1.19 bits per heavy atom. The predicted octanol–water partition coefficient (Wildman–Crippen LogP) is 4.94. The lowest BCUT2D eigenvalue weighted by molar-refractivity contribution is 0.314. The van der Waals surface area contributed by atoms with E-state index in [-0.39, 0.29) is 0 Å². The van der Waals surface area contributed by atoms with Gasteiger partial charge in [-0.2, -0.15) is 0 Å². The van der Waals surface area contributed by atoms with Crippen LogP contribution in [-0.4, -0.2) is 0 Å². The van der Waals surface area contributed by atoms with Crippen LogP contribution in [0.4, 0.5) is 0 Å². The summed E-state index contributed by atoms with van der Waals surface area (Å²) < 4.78 is 0. The molecule has 1 aromatic rings. The molecular weight excluding hydrogens is 192 g/mol. The lowest BCUT2D eigenvalue weighted by Gasteiger charge is -2.24. The van der Waals surface area contributed by atoms with Crippen molar-refractivity contribution in [1.29, 1.82) is 0 Å². The minimum atomic E-state index is 0.313. The van der Waals surface area contributed by atoms with Gasteiger partial charge in [-0.15, -0.1) is 0 Å². The number of benzene rings is 1. The maximum atomic E-state index is 4.09. The minimum absolute atomic E-state index is 0.313. The molecule has 0 aliphatic carbocycles. The van der Waals surface area contributed by atoms with Crippen LogP contribution in [0.2, 0.25) is 0 Å². The second-order valence-corrected chi connectivity index (χ2v) is 5.41. The summed E-state index contributed by atoms with van der Waals surface area (Å²) in [7, 11) is 0. The summed E-state index contributed by atoms with van der Waals surface area (Å²) in [6.07, 6.45) is 4.38. The molecule has 0 amide bonds. The first-order valence-corrected chi connectivity index (χ1v) is 5.84. The van der Waals surface area contributed by atoms with Crippen molar-refractivity contribution in [3.05, 3.63) is 54.6 Å². The van der Waals surface area contributed by atoms with E-state index in [1.165, 1.54) is 5.56 Å². The van der Waals surface area contributed by atoms with Crippen LogP contribution < -0.4 is 0 Å². The van der Waals surface area contributed by atoms with Crippen molar-refractivity contribution in [3.63, 3.8) is 0 Å². The molecule has 0 nitrogen and oxygen atoms in total. The van der Waals surface area contributed by atoms with Crippen molar-refractivity contribution in [1.82, 2.24) is 0 Å². The van der Waals surface area contributed by atoms with Crippen molar-refractivity contribution < 1.29 is 0 Å². The van der Waals surface area contributed by atoms with Gasteiger partial charge in [0.2, 0.25) is 0 Å². The highest BCUT2D eigenvalue weighted by atomic mass is 14.2. The molecule has 0 saturated heterocycles. The molecule has 0 heterocycles. The topological polar surface area (TPSA) is 0 Å². The molecule has 0 bridgehead atoms. The highest BCUT2D eigenvalue weighted by Crippen LogP contribution is 2.27. The molecule has 16 heavy (non-hydrogen) atoms. The van der Waals surface area contributed by atoms with Crippen molar-refractivity contribution in [2.24, 2.45) is 11.3 Å². The molecule has 1 atom stereocenters. The molecule has 0 unspecified atom stereocenters. The van der Waals surface area contributed by atoms with Gasteiger partial charge in [0.15, 0.2) is 0 Å². The van der Waals surface area contributed by atoms with Crippen LogP contribution in [0, 0.1) is 11.3 Å². The van der Waals surface area contributed by atoms with Gasteiger partial charge in [-0.05, 0) is 22.5 Å². The molecule has 0 aliphatic heterocycles. The summed E-state index contributed by atoms with van der Waals surface area (Å²) >= 11 is 0. The van der Waals surface area contributed by atoms with E-state index in [9.17, 15) is 0 Å². The standard InChI is InChI=1S/C16H22/c1-13(15-9-7-6-8-10-15)11-12-14(2)16(3,4)5/h6-12,14H,1H2,2-5H3/b12-11-/t14-/m0/s1. The molecule has 0 aromatic heterocycles. The number of hydrogen-bond acceptors (Lipinski definition) is 0. The van der Waals surface area contributed by atoms with Gasteiger partial charge in [0.25, 0.3) is 0 Å². The van der Waals surface area contributed by atoms with E-state index in [1.54, 1.807) is 0 Å². The zero-order valence-electron chi connectivity index (χ0n) is 10.8. The summed E-state index contributed by atoms with van der Waals surface area (Å²) in [5.74, 6) is 0.549. The summed E-state index contributed by atoms with van der Waals surface area (Å²) in [5, 5.41) is 0. The van der Waals surface area contributed by atoms with Crippen LogP contribution in [0.25, 0.3) is 5.57 Å². The van der Waals surface area contributed by atoms with E-state index < -0.39 is 0 Å². The van der Waals surface area contributed by atoms with Gasteiger partial charge in [-0.1, -0.05) is 76.8 Å². The van der Waals surface area contributed by atoms with Crippen LogP contribution in [0.3, 0.4) is 0 Å². The van der Waals surface area contributed by atoms with Crippen molar-refractivity contribution in [3.8, 4) is 0 Å². The van der Waals surface area contributed by atoms with E-state index >= 15 is 0 Å². The Morgan fingerprint density at radius 3 is 2.25 bits per heavy atom. The van der Waals surface area contributed by atoms with E-state index in [2.05, 4.69) is 58.6 Å². The molecule has 1 rings (SSSR count). The summed E-state index contributed by atoms with van der Waals surface area (Å²) in [6.45, 7) is 13.1. The molecule has 0 fully saturated rings. The van der Waals surface area contributed by atoms with Crippen LogP contribution in [0.15, 0.2) is 49.1 Å². The summed E-state index contributed by atoms with van der Waals surface area (Å²) in [4.78, 5) is 0. The van der Waals surface area contributed by atoms with Crippen LogP contribution in [0.5, 0.6) is 0 Å². The van der Waals surface area contributed by atoms with Gasteiger partial charge >= 0.3 is 0 Å². The predicted molar refractivity (Wildman–Crippen MR) is 73.2 cm³/mol. The smallest absolute Gasteiger partial charge is 0.0190 e. The third-order valence-electron chi connectivity index (χ3n) is 3.10.